The van der Waals surface area contributed by atoms with Crippen molar-refractivity contribution in [3.05, 3.63) is 107 Å². The number of esters is 1. The maximum absolute atomic E-state index is 13.7. The molecular formula is C32H33NO7S. The molecule has 2 aliphatic rings. The van der Waals surface area contributed by atoms with E-state index in [0.717, 1.165) is 11.1 Å². The van der Waals surface area contributed by atoms with Crippen molar-refractivity contribution in [2.45, 2.75) is 56.9 Å². The zero-order chi connectivity index (χ0) is 28.8. The predicted octanol–water partition coefficient (Wildman–Crippen LogP) is 4.86. The maximum Gasteiger partial charge on any atom is 0.303 e. The van der Waals surface area contributed by atoms with Crippen LogP contribution in [0, 0.1) is 0 Å². The van der Waals surface area contributed by atoms with Gasteiger partial charge in [-0.25, -0.2) is 0 Å². The number of carbonyl (C=O) groups is 3. The summed E-state index contributed by atoms with van der Waals surface area (Å²) in [5, 5.41) is 0. The summed E-state index contributed by atoms with van der Waals surface area (Å²) in [6.07, 6.45) is -2.50. The van der Waals surface area contributed by atoms with E-state index in [0.29, 0.717) is 23.5 Å². The van der Waals surface area contributed by atoms with E-state index in [2.05, 4.69) is 0 Å². The lowest BCUT2D eigenvalue weighted by molar-refractivity contribution is -0.219. The fourth-order valence-corrected chi connectivity index (χ4v) is 6.26. The van der Waals surface area contributed by atoms with Gasteiger partial charge < -0.3 is 18.9 Å². The Labute approximate surface area is 243 Å². The number of carbonyl (C=O) groups excluding carboxylic acids is 3. The fourth-order valence-electron chi connectivity index (χ4n) is 5.24. The second-order valence-corrected chi connectivity index (χ2v) is 11.2. The van der Waals surface area contributed by atoms with Crippen LogP contribution in [0.2, 0.25) is 0 Å². The normalized spacial score (nSPS) is 23.9. The average Bonchev–Trinajstić information content (AvgIpc) is 3.23. The number of hydrogen-bond acceptors (Lipinski definition) is 8. The lowest BCUT2D eigenvalue weighted by Crippen LogP contribution is -2.66. The Morgan fingerprint density at radius 3 is 1.95 bits per heavy atom. The van der Waals surface area contributed by atoms with Crippen LogP contribution in [0.5, 0.6) is 0 Å². The van der Waals surface area contributed by atoms with E-state index in [1.54, 1.807) is 24.3 Å². The van der Waals surface area contributed by atoms with Gasteiger partial charge in [-0.1, -0.05) is 79.7 Å². The molecule has 0 saturated carbocycles. The molecule has 3 aromatic rings. The number of thioether (sulfide) groups is 1. The van der Waals surface area contributed by atoms with E-state index in [1.807, 2.05) is 67.6 Å². The Hall–Kier alpha value is -3.50. The molecule has 2 amide bonds. The number of benzene rings is 3. The summed E-state index contributed by atoms with van der Waals surface area (Å²) in [6, 6.07) is 25.2. The summed E-state index contributed by atoms with van der Waals surface area (Å²) in [4.78, 5) is 41.0. The van der Waals surface area contributed by atoms with Crippen LogP contribution in [0.4, 0.5) is 0 Å². The Bertz CT molecular complexity index is 1320. The molecule has 5 rings (SSSR count). The van der Waals surface area contributed by atoms with Crippen molar-refractivity contribution in [3.8, 4) is 0 Å². The molecule has 0 aromatic heterocycles. The van der Waals surface area contributed by atoms with E-state index >= 15 is 0 Å². The highest BCUT2D eigenvalue weighted by Gasteiger charge is 2.55. The molecule has 5 atom stereocenters. The van der Waals surface area contributed by atoms with Gasteiger partial charge in [-0.2, -0.15) is 0 Å². The lowest BCUT2D eigenvalue weighted by atomic mass is 9.95. The first-order valence-electron chi connectivity index (χ1n) is 13.7. The molecule has 0 N–H and O–H groups in total. The highest BCUT2D eigenvalue weighted by atomic mass is 32.2. The molecule has 5 unspecified atom stereocenters. The van der Waals surface area contributed by atoms with Crippen molar-refractivity contribution in [1.29, 1.82) is 0 Å². The third-order valence-electron chi connectivity index (χ3n) is 7.05. The van der Waals surface area contributed by atoms with E-state index in [-0.39, 0.29) is 13.2 Å². The molecule has 0 bridgehead atoms. The minimum absolute atomic E-state index is 0.119. The van der Waals surface area contributed by atoms with E-state index in [1.165, 1.54) is 23.6 Å². The van der Waals surface area contributed by atoms with Crippen molar-refractivity contribution < 1.29 is 33.3 Å². The molecule has 1 saturated heterocycles. The van der Waals surface area contributed by atoms with Gasteiger partial charge in [-0.05, 0) is 29.0 Å². The van der Waals surface area contributed by atoms with Crippen molar-refractivity contribution in [1.82, 2.24) is 4.90 Å². The topological polar surface area (TPSA) is 91.4 Å². The van der Waals surface area contributed by atoms with Crippen LogP contribution in [0.1, 0.15) is 45.7 Å². The minimum atomic E-state index is -0.935. The van der Waals surface area contributed by atoms with E-state index < -0.39 is 47.6 Å². The fraction of sp³-hybridized carbons (Fsp3) is 0.344. The zero-order valence-corrected chi connectivity index (χ0v) is 23.8. The molecule has 1 fully saturated rings. The van der Waals surface area contributed by atoms with Gasteiger partial charge in [-0.15, -0.1) is 11.8 Å². The maximum atomic E-state index is 13.7. The number of rotatable bonds is 11. The first-order valence-corrected chi connectivity index (χ1v) is 14.7. The van der Waals surface area contributed by atoms with Gasteiger partial charge in [0.15, 0.2) is 6.10 Å². The van der Waals surface area contributed by atoms with Crippen LogP contribution in [0.25, 0.3) is 0 Å². The highest BCUT2D eigenvalue weighted by Crippen LogP contribution is 2.39. The van der Waals surface area contributed by atoms with Crippen LogP contribution in [0.15, 0.2) is 84.9 Å². The van der Waals surface area contributed by atoms with Crippen molar-refractivity contribution in [2.24, 2.45) is 0 Å². The number of fused-ring (bicyclic) bond motifs is 1. The van der Waals surface area contributed by atoms with Crippen LogP contribution >= 0.6 is 11.8 Å². The van der Waals surface area contributed by atoms with Crippen molar-refractivity contribution in [2.75, 3.05) is 12.4 Å². The molecular weight excluding hydrogens is 542 g/mol. The first-order chi connectivity index (χ1) is 20.0. The summed E-state index contributed by atoms with van der Waals surface area (Å²) in [7, 11) is 0. The number of hydrogen-bond donors (Lipinski definition) is 0. The predicted molar refractivity (Wildman–Crippen MR) is 154 cm³/mol. The second kappa shape index (κ2) is 13.4. The lowest BCUT2D eigenvalue weighted by Gasteiger charge is -2.48. The van der Waals surface area contributed by atoms with Crippen LogP contribution < -0.4 is 0 Å². The summed E-state index contributed by atoms with van der Waals surface area (Å²) in [6.45, 7) is 3.94. The minimum Gasteiger partial charge on any atom is -0.457 e. The summed E-state index contributed by atoms with van der Waals surface area (Å²) >= 11 is 1.47. The molecule has 9 heteroatoms. The second-order valence-electron chi connectivity index (χ2n) is 9.85. The Balaban J connectivity index is 1.49. The van der Waals surface area contributed by atoms with Gasteiger partial charge in [0.25, 0.3) is 11.8 Å². The zero-order valence-electron chi connectivity index (χ0n) is 23.0. The SMILES string of the molecule is CCSC1OC(COCc2ccccc2)C(OC(C)=O)C(OCc2ccccc2)C1N1C(=O)c2ccccc2C1=O. The number of amides is 2. The molecule has 214 valence electrons. The third-order valence-corrected chi connectivity index (χ3v) is 8.10. The van der Waals surface area contributed by atoms with Crippen LogP contribution in [-0.4, -0.2) is 64.8 Å². The monoisotopic (exact) mass is 575 g/mol. The smallest absolute Gasteiger partial charge is 0.303 e. The van der Waals surface area contributed by atoms with Gasteiger partial charge >= 0.3 is 5.97 Å². The summed E-state index contributed by atoms with van der Waals surface area (Å²) < 4.78 is 24.9. The number of ether oxygens (including phenoxy) is 4. The van der Waals surface area contributed by atoms with Gasteiger partial charge in [0.2, 0.25) is 0 Å². The first kappa shape index (κ1) is 29.0. The molecule has 2 aliphatic heterocycles. The van der Waals surface area contributed by atoms with Gasteiger partial charge in [0.1, 0.15) is 23.7 Å². The van der Waals surface area contributed by atoms with Gasteiger partial charge in [0, 0.05) is 6.92 Å². The van der Waals surface area contributed by atoms with E-state index in [9.17, 15) is 14.4 Å². The Morgan fingerprint density at radius 2 is 1.39 bits per heavy atom. The molecule has 41 heavy (non-hydrogen) atoms. The van der Waals surface area contributed by atoms with Crippen LogP contribution in [-0.2, 0) is 37.0 Å². The molecule has 0 spiro atoms. The average molecular weight is 576 g/mol. The summed E-state index contributed by atoms with van der Waals surface area (Å²) in [5.41, 5.74) is 1.92. The van der Waals surface area contributed by atoms with E-state index in [4.69, 9.17) is 18.9 Å². The quantitative estimate of drug-likeness (QED) is 0.237. The summed E-state index contributed by atoms with van der Waals surface area (Å²) in [5.74, 6) is -0.710. The van der Waals surface area contributed by atoms with Crippen LogP contribution in [0.3, 0.4) is 0 Å². The molecule has 0 radical (unpaired) electrons. The standard InChI is InChI=1S/C32H33NO7S/c1-3-41-32-27(33-30(35)24-16-10-11-17-25(24)31(33)36)29(38-19-23-14-8-5-9-15-23)28(39-21(2)34)26(40-32)20-37-18-22-12-6-4-7-13-22/h4-17,26-29,32H,3,18-20H2,1-2H3. The van der Waals surface area contributed by atoms with Gasteiger partial charge in [-0.3, -0.25) is 19.3 Å². The molecule has 0 aliphatic carbocycles. The molecule has 8 nitrogen and oxygen atoms in total. The largest absolute Gasteiger partial charge is 0.457 e. The number of nitrogens with zero attached hydrogens (tertiary/aromatic N) is 1. The Kier molecular flexibility index (Phi) is 9.51. The number of imide groups is 1. The third kappa shape index (κ3) is 6.54. The molecule has 2 heterocycles. The Morgan fingerprint density at radius 1 is 0.829 bits per heavy atom. The highest BCUT2D eigenvalue weighted by molar-refractivity contribution is 7.99. The van der Waals surface area contributed by atoms with Crippen molar-refractivity contribution in [3.63, 3.8) is 0 Å². The van der Waals surface area contributed by atoms with Gasteiger partial charge in [0.05, 0.1) is 30.9 Å². The molecule has 3 aromatic carbocycles. The van der Waals surface area contributed by atoms with Crippen molar-refractivity contribution >= 4 is 29.5 Å².